The quantitative estimate of drug-likeness (QED) is 0.599. The molecule has 0 N–H and O–H groups in total. The van der Waals surface area contributed by atoms with Crippen molar-refractivity contribution in [3.63, 3.8) is 0 Å². The van der Waals surface area contributed by atoms with E-state index in [9.17, 15) is 13.2 Å². The number of rotatable bonds is 4. The van der Waals surface area contributed by atoms with E-state index in [1.54, 1.807) is 23.1 Å². The summed E-state index contributed by atoms with van der Waals surface area (Å²) in [4.78, 5) is 19.5. The molecule has 31 heavy (non-hydrogen) atoms. The molecule has 0 atom stereocenters. The number of aromatic nitrogens is 1. The van der Waals surface area contributed by atoms with Crippen LogP contribution in [-0.2, 0) is 10.0 Å². The fourth-order valence-corrected chi connectivity index (χ4v) is 5.16. The lowest BCUT2D eigenvalue weighted by Gasteiger charge is -2.34. The van der Waals surface area contributed by atoms with E-state index in [1.165, 1.54) is 16.4 Å². The van der Waals surface area contributed by atoms with E-state index in [2.05, 4.69) is 4.98 Å². The Hall–Kier alpha value is -2.74. The van der Waals surface area contributed by atoms with E-state index in [-0.39, 0.29) is 23.9 Å². The summed E-state index contributed by atoms with van der Waals surface area (Å²) < 4.78 is 27.1. The Morgan fingerprint density at radius 3 is 2.16 bits per heavy atom. The van der Waals surface area contributed by atoms with Crippen molar-refractivity contribution in [2.75, 3.05) is 26.2 Å². The second-order valence-electron chi connectivity index (χ2n) is 7.35. The van der Waals surface area contributed by atoms with Crippen LogP contribution in [0.3, 0.4) is 0 Å². The maximum Gasteiger partial charge on any atom is 0.255 e. The molecule has 0 saturated carbocycles. The van der Waals surface area contributed by atoms with Crippen molar-refractivity contribution in [3.05, 3.63) is 83.0 Å². The Bertz CT molecular complexity index is 1190. The van der Waals surface area contributed by atoms with Crippen molar-refractivity contribution >= 4 is 27.5 Å². The van der Waals surface area contributed by atoms with Gasteiger partial charge in [0.25, 0.3) is 5.91 Å². The average Bonchev–Trinajstić information content (AvgIpc) is 2.79. The smallest absolute Gasteiger partial charge is 0.255 e. The van der Waals surface area contributed by atoms with Crippen molar-refractivity contribution in [2.24, 2.45) is 0 Å². The number of sulfonamides is 1. The average molecular weight is 456 g/mol. The summed E-state index contributed by atoms with van der Waals surface area (Å²) in [5.41, 5.74) is 3.00. The third-order valence-electron chi connectivity index (χ3n) is 5.36. The summed E-state index contributed by atoms with van der Waals surface area (Å²) in [7, 11) is -3.61. The lowest BCUT2D eigenvalue weighted by molar-refractivity contribution is 0.0696. The molecule has 3 aromatic rings. The maximum absolute atomic E-state index is 13.0. The molecular formula is C23H22ClN3O3S. The molecule has 0 spiro atoms. The highest BCUT2D eigenvalue weighted by atomic mass is 35.5. The van der Waals surface area contributed by atoms with Crippen molar-refractivity contribution in [3.8, 4) is 11.3 Å². The zero-order valence-corrected chi connectivity index (χ0v) is 18.6. The molecule has 160 valence electrons. The van der Waals surface area contributed by atoms with Crippen LogP contribution in [0.25, 0.3) is 11.3 Å². The van der Waals surface area contributed by atoms with Crippen LogP contribution in [0.2, 0.25) is 5.02 Å². The normalized spacial score (nSPS) is 15.1. The van der Waals surface area contributed by atoms with Crippen LogP contribution in [0.1, 0.15) is 16.1 Å². The monoisotopic (exact) mass is 455 g/mol. The number of hydrogen-bond acceptors (Lipinski definition) is 4. The molecule has 1 aliphatic rings. The minimum Gasteiger partial charge on any atom is -0.336 e. The summed E-state index contributed by atoms with van der Waals surface area (Å²) in [6.07, 6.45) is 0. The summed E-state index contributed by atoms with van der Waals surface area (Å²) in [5.74, 6) is -0.131. The molecule has 1 aliphatic heterocycles. The predicted octanol–water partition coefficient (Wildman–Crippen LogP) is 3.86. The fourth-order valence-electron chi connectivity index (χ4n) is 3.61. The first-order chi connectivity index (χ1) is 14.9. The molecule has 6 nitrogen and oxygen atoms in total. The molecule has 0 bridgehead atoms. The number of pyridine rings is 1. The van der Waals surface area contributed by atoms with E-state index < -0.39 is 10.0 Å². The van der Waals surface area contributed by atoms with Gasteiger partial charge >= 0.3 is 0 Å². The molecule has 1 amide bonds. The molecule has 2 aromatic carbocycles. The van der Waals surface area contributed by atoms with Gasteiger partial charge < -0.3 is 4.90 Å². The summed E-state index contributed by atoms with van der Waals surface area (Å²) in [6.45, 7) is 2.95. The van der Waals surface area contributed by atoms with Crippen LogP contribution in [-0.4, -0.2) is 54.7 Å². The first-order valence-electron chi connectivity index (χ1n) is 9.94. The van der Waals surface area contributed by atoms with Crippen LogP contribution in [0.5, 0.6) is 0 Å². The second kappa shape index (κ2) is 8.78. The number of piperazine rings is 1. The van der Waals surface area contributed by atoms with Gasteiger partial charge in [-0.25, -0.2) is 8.42 Å². The molecule has 1 saturated heterocycles. The van der Waals surface area contributed by atoms with Gasteiger partial charge in [-0.1, -0.05) is 41.9 Å². The molecule has 2 heterocycles. The Morgan fingerprint density at radius 2 is 1.55 bits per heavy atom. The number of halogens is 1. The predicted molar refractivity (Wildman–Crippen MR) is 121 cm³/mol. The molecular weight excluding hydrogens is 434 g/mol. The van der Waals surface area contributed by atoms with Crippen LogP contribution in [0, 0.1) is 6.92 Å². The summed E-state index contributed by atoms with van der Waals surface area (Å²) in [5, 5.41) is 0.483. The summed E-state index contributed by atoms with van der Waals surface area (Å²) >= 11 is 5.86. The van der Waals surface area contributed by atoms with Crippen molar-refractivity contribution in [1.29, 1.82) is 0 Å². The number of aryl methyl sites for hydroxylation is 1. The van der Waals surface area contributed by atoms with Gasteiger partial charge in [0.15, 0.2) is 0 Å². The third-order valence-corrected chi connectivity index (χ3v) is 7.53. The molecule has 0 aliphatic carbocycles. The van der Waals surface area contributed by atoms with Crippen LogP contribution >= 0.6 is 11.6 Å². The number of carbonyl (C=O) groups is 1. The van der Waals surface area contributed by atoms with E-state index in [4.69, 9.17) is 11.6 Å². The van der Waals surface area contributed by atoms with E-state index in [0.29, 0.717) is 29.4 Å². The highest BCUT2D eigenvalue weighted by Gasteiger charge is 2.31. The van der Waals surface area contributed by atoms with Gasteiger partial charge in [0.1, 0.15) is 0 Å². The first kappa shape index (κ1) is 21.5. The van der Waals surface area contributed by atoms with Gasteiger partial charge in [0.2, 0.25) is 10.0 Å². The number of hydrogen-bond donors (Lipinski definition) is 0. The van der Waals surface area contributed by atoms with Gasteiger partial charge in [-0.15, -0.1) is 0 Å². The van der Waals surface area contributed by atoms with Crippen molar-refractivity contribution < 1.29 is 13.2 Å². The Labute approximate surface area is 187 Å². The zero-order valence-electron chi connectivity index (χ0n) is 17.0. The van der Waals surface area contributed by atoms with Crippen molar-refractivity contribution in [2.45, 2.75) is 11.8 Å². The highest BCUT2D eigenvalue weighted by Crippen LogP contribution is 2.22. The Morgan fingerprint density at radius 1 is 0.903 bits per heavy atom. The zero-order chi connectivity index (χ0) is 22.0. The van der Waals surface area contributed by atoms with Crippen LogP contribution in [0.4, 0.5) is 0 Å². The SMILES string of the molecule is Cc1nc(-c2ccccc2)ccc1C(=O)N1CCN(S(=O)(=O)c2ccc(Cl)cc2)CC1. The number of carbonyl (C=O) groups excluding carboxylic acids is 1. The Balaban J connectivity index is 1.45. The fraction of sp³-hybridized carbons (Fsp3) is 0.217. The molecule has 8 heteroatoms. The van der Waals surface area contributed by atoms with Gasteiger partial charge in [-0.05, 0) is 43.3 Å². The molecule has 0 unspecified atom stereocenters. The highest BCUT2D eigenvalue weighted by molar-refractivity contribution is 7.89. The van der Waals surface area contributed by atoms with Crippen LogP contribution in [0.15, 0.2) is 71.6 Å². The van der Waals surface area contributed by atoms with Gasteiger partial charge in [-0.2, -0.15) is 4.31 Å². The topological polar surface area (TPSA) is 70.6 Å². The third kappa shape index (κ3) is 4.49. The van der Waals surface area contributed by atoms with E-state index in [1.807, 2.05) is 43.3 Å². The first-order valence-corrected chi connectivity index (χ1v) is 11.8. The van der Waals surface area contributed by atoms with E-state index >= 15 is 0 Å². The van der Waals surface area contributed by atoms with Gasteiger partial charge in [-0.3, -0.25) is 9.78 Å². The van der Waals surface area contributed by atoms with Gasteiger partial charge in [0.05, 0.1) is 21.8 Å². The van der Waals surface area contributed by atoms with Crippen molar-refractivity contribution in [1.82, 2.24) is 14.2 Å². The largest absolute Gasteiger partial charge is 0.336 e. The van der Waals surface area contributed by atoms with E-state index in [0.717, 1.165) is 11.3 Å². The maximum atomic E-state index is 13.0. The lowest BCUT2D eigenvalue weighted by Crippen LogP contribution is -2.50. The number of nitrogens with zero attached hydrogens (tertiary/aromatic N) is 3. The minimum absolute atomic E-state index is 0.131. The Kier molecular flexibility index (Phi) is 6.09. The molecule has 1 fully saturated rings. The second-order valence-corrected chi connectivity index (χ2v) is 9.72. The van der Waals surface area contributed by atoms with Gasteiger partial charge in [0, 0.05) is 36.8 Å². The molecule has 1 aromatic heterocycles. The number of amides is 1. The van der Waals surface area contributed by atoms with Crippen LogP contribution < -0.4 is 0 Å². The minimum atomic E-state index is -3.61. The summed E-state index contributed by atoms with van der Waals surface area (Å²) in [6, 6.07) is 19.5. The lowest BCUT2D eigenvalue weighted by atomic mass is 10.1. The number of benzene rings is 2. The molecule has 0 radical (unpaired) electrons. The molecule has 4 rings (SSSR count). The standard InChI is InChI=1S/C23H22ClN3O3S/c1-17-21(11-12-22(25-17)18-5-3-2-4-6-18)23(28)26-13-15-27(16-14-26)31(29,30)20-9-7-19(24)8-10-20/h2-12H,13-16H2,1H3.